The van der Waals surface area contributed by atoms with Gasteiger partial charge in [-0.15, -0.1) is 0 Å². The van der Waals surface area contributed by atoms with E-state index in [0.29, 0.717) is 33.9 Å². The zero-order chi connectivity index (χ0) is 22.2. The summed E-state index contributed by atoms with van der Waals surface area (Å²) in [4.78, 5) is 24.6. The zero-order valence-corrected chi connectivity index (χ0v) is 17.5. The molecule has 0 unspecified atom stereocenters. The molecule has 0 fully saturated rings. The van der Waals surface area contributed by atoms with Gasteiger partial charge >= 0.3 is 0 Å². The fraction of sp³-hybridized carbons (Fsp3) is 0.125. The number of methoxy groups -OCH3 is 2. The minimum Gasteiger partial charge on any atom is -0.497 e. The molecule has 2 amide bonds. The number of carbonyl (C=O) groups excluding carboxylic acids is 2. The lowest BCUT2D eigenvalue weighted by Crippen LogP contribution is -2.18. The van der Waals surface area contributed by atoms with E-state index in [2.05, 4.69) is 15.8 Å². The minimum atomic E-state index is -0.375. The maximum Gasteiger partial charge on any atom is 0.271 e. The SMILES string of the molecule is COc1ccc(/C=N\NC(=O)c2ccc(NC(=O)c3cccc(C)c3)cc2)c(OC)c1. The van der Waals surface area contributed by atoms with Crippen molar-refractivity contribution in [3.8, 4) is 11.5 Å². The summed E-state index contributed by atoms with van der Waals surface area (Å²) in [5.74, 6) is 0.651. The van der Waals surface area contributed by atoms with Gasteiger partial charge in [0.2, 0.25) is 0 Å². The molecule has 0 radical (unpaired) electrons. The second kappa shape index (κ2) is 10.1. The summed E-state index contributed by atoms with van der Waals surface area (Å²) in [5.41, 5.74) is 5.75. The Labute approximate surface area is 180 Å². The highest BCUT2D eigenvalue weighted by Gasteiger charge is 2.08. The number of rotatable bonds is 7. The van der Waals surface area contributed by atoms with Gasteiger partial charge in [0.05, 0.1) is 20.4 Å². The Morgan fingerprint density at radius 1 is 0.871 bits per heavy atom. The Balaban J connectivity index is 1.60. The number of carbonyl (C=O) groups is 2. The fourth-order valence-corrected chi connectivity index (χ4v) is 2.84. The molecule has 0 aliphatic heterocycles. The lowest BCUT2D eigenvalue weighted by Gasteiger charge is -2.07. The number of nitrogens with one attached hydrogen (secondary N) is 2. The Kier molecular flexibility index (Phi) is 7.01. The number of nitrogens with zero attached hydrogens (tertiary/aromatic N) is 1. The van der Waals surface area contributed by atoms with Crippen molar-refractivity contribution < 1.29 is 19.1 Å². The predicted octanol–water partition coefficient (Wildman–Crippen LogP) is 4.03. The first-order valence-electron chi connectivity index (χ1n) is 9.53. The number of hydrogen-bond acceptors (Lipinski definition) is 5. The molecule has 0 spiro atoms. The number of ether oxygens (including phenoxy) is 2. The van der Waals surface area contributed by atoms with Crippen LogP contribution in [0.15, 0.2) is 71.8 Å². The van der Waals surface area contributed by atoms with Crippen LogP contribution in [0.1, 0.15) is 31.8 Å². The summed E-state index contributed by atoms with van der Waals surface area (Å²) >= 11 is 0. The summed E-state index contributed by atoms with van der Waals surface area (Å²) in [6, 6.07) is 19.2. The maximum atomic E-state index is 12.3. The molecule has 3 aromatic rings. The normalized spacial score (nSPS) is 10.5. The second-order valence-electron chi connectivity index (χ2n) is 6.71. The molecular weight excluding hydrogens is 394 g/mol. The number of amides is 2. The van der Waals surface area contributed by atoms with Crippen molar-refractivity contribution in [3.63, 3.8) is 0 Å². The van der Waals surface area contributed by atoms with Crippen LogP contribution in [0.5, 0.6) is 11.5 Å². The van der Waals surface area contributed by atoms with Crippen LogP contribution in [0.2, 0.25) is 0 Å². The summed E-state index contributed by atoms with van der Waals surface area (Å²) in [6.45, 7) is 1.93. The lowest BCUT2D eigenvalue weighted by atomic mass is 10.1. The molecule has 7 nitrogen and oxygen atoms in total. The van der Waals surface area contributed by atoms with Crippen LogP contribution < -0.4 is 20.2 Å². The highest BCUT2D eigenvalue weighted by atomic mass is 16.5. The molecule has 2 N–H and O–H groups in total. The van der Waals surface area contributed by atoms with Gasteiger partial charge in [-0.25, -0.2) is 5.43 Å². The molecule has 0 bridgehead atoms. The van der Waals surface area contributed by atoms with Crippen LogP contribution in [0, 0.1) is 6.92 Å². The van der Waals surface area contributed by atoms with Crippen LogP contribution in [0.25, 0.3) is 0 Å². The van der Waals surface area contributed by atoms with Crippen molar-refractivity contribution in [3.05, 3.63) is 89.0 Å². The van der Waals surface area contributed by atoms with Crippen molar-refractivity contribution in [2.75, 3.05) is 19.5 Å². The fourth-order valence-electron chi connectivity index (χ4n) is 2.84. The Morgan fingerprint density at radius 3 is 2.32 bits per heavy atom. The van der Waals surface area contributed by atoms with Gasteiger partial charge in [0.1, 0.15) is 11.5 Å². The van der Waals surface area contributed by atoms with E-state index in [4.69, 9.17) is 9.47 Å². The third-order valence-electron chi connectivity index (χ3n) is 4.50. The van der Waals surface area contributed by atoms with E-state index in [9.17, 15) is 9.59 Å². The average molecular weight is 417 g/mol. The molecular formula is C24H23N3O4. The molecule has 3 aromatic carbocycles. The van der Waals surface area contributed by atoms with Crippen LogP contribution in [-0.4, -0.2) is 32.2 Å². The third kappa shape index (κ3) is 5.70. The van der Waals surface area contributed by atoms with Gasteiger partial charge in [-0.05, 0) is 55.5 Å². The molecule has 31 heavy (non-hydrogen) atoms. The van der Waals surface area contributed by atoms with Crippen molar-refractivity contribution in [2.45, 2.75) is 6.92 Å². The smallest absolute Gasteiger partial charge is 0.271 e. The first kappa shape index (κ1) is 21.6. The van der Waals surface area contributed by atoms with E-state index in [-0.39, 0.29) is 11.8 Å². The van der Waals surface area contributed by atoms with Crippen molar-refractivity contribution in [1.29, 1.82) is 0 Å². The first-order valence-corrected chi connectivity index (χ1v) is 9.53. The molecule has 0 saturated heterocycles. The summed E-state index contributed by atoms with van der Waals surface area (Å²) in [5, 5.41) is 6.80. The molecule has 158 valence electrons. The van der Waals surface area contributed by atoms with Crippen LogP contribution in [0.3, 0.4) is 0 Å². The largest absolute Gasteiger partial charge is 0.497 e. The van der Waals surface area contributed by atoms with Crippen LogP contribution in [0.4, 0.5) is 5.69 Å². The zero-order valence-electron chi connectivity index (χ0n) is 17.5. The van der Waals surface area contributed by atoms with Crippen LogP contribution in [-0.2, 0) is 0 Å². The molecule has 0 atom stereocenters. The first-order chi connectivity index (χ1) is 15.0. The Hall–Kier alpha value is -4.13. The third-order valence-corrected chi connectivity index (χ3v) is 4.50. The summed E-state index contributed by atoms with van der Waals surface area (Å²) < 4.78 is 10.5. The topological polar surface area (TPSA) is 89.0 Å². The summed E-state index contributed by atoms with van der Waals surface area (Å²) in [7, 11) is 3.12. The van der Waals surface area contributed by atoms with Crippen molar-refractivity contribution in [1.82, 2.24) is 5.43 Å². The number of anilines is 1. The molecule has 3 rings (SSSR count). The molecule has 0 aliphatic carbocycles. The average Bonchev–Trinajstić information content (AvgIpc) is 2.79. The maximum absolute atomic E-state index is 12.3. The standard InChI is InChI=1S/C24H23N3O4/c1-16-5-4-6-18(13-16)23(28)26-20-10-7-17(8-11-20)24(29)27-25-15-19-9-12-21(30-2)14-22(19)31-3/h4-15H,1-3H3,(H,26,28)(H,27,29)/b25-15-. The quantitative estimate of drug-likeness (QED) is 0.449. The number of hydrogen-bond donors (Lipinski definition) is 2. The van der Waals surface area contributed by atoms with Crippen LogP contribution >= 0.6 is 0 Å². The Morgan fingerprint density at radius 2 is 1.65 bits per heavy atom. The minimum absolute atomic E-state index is 0.209. The number of hydrazone groups is 1. The van der Waals surface area contributed by atoms with Gasteiger partial charge in [-0.1, -0.05) is 17.7 Å². The van der Waals surface area contributed by atoms with E-state index >= 15 is 0 Å². The van der Waals surface area contributed by atoms with Gasteiger partial charge in [-0.3, -0.25) is 9.59 Å². The molecule has 0 aromatic heterocycles. The monoisotopic (exact) mass is 417 g/mol. The molecule has 7 heteroatoms. The van der Waals surface area contributed by atoms with Gasteiger partial charge in [0.15, 0.2) is 0 Å². The lowest BCUT2D eigenvalue weighted by molar-refractivity contribution is 0.0954. The van der Waals surface area contributed by atoms with E-state index in [0.717, 1.165) is 5.56 Å². The predicted molar refractivity (Wildman–Crippen MR) is 120 cm³/mol. The van der Waals surface area contributed by atoms with Gasteiger partial charge in [-0.2, -0.15) is 5.10 Å². The molecule has 0 saturated carbocycles. The van der Waals surface area contributed by atoms with Gasteiger partial charge in [0, 0.05) is 28.4 Å². The van der Waals surface area contributed by atoms with Crippen molar-refractivity contribution in [2.24, 2.45) is 5.10 Å². The number of benzene rings is 3. The second-order valence-corrected chi connectivity index (χ2v) is 6.71. The number of aryl methyl sites for hydroxylation is 1. The molecule has 0 heterocycles. The highest BCUT2D eigenvalue weighted by molar-refractivity contribution is 6.04. The highest BCUT2D eigenvalue weighted by Crippen LogP contribution is 2.23. The van der Waals surface area contributed by atoms with E-state index in [1.165, 1.54) is 6.21 Å². The van der Waals surface area contributed by atoms with Gasteiger partial charge in [0.25, 0.3) is 11.8 Å². The summed E-state index contributed by atoms with van der Waals surface area (Å²) in [6.07, 6.45) is 1.49. The van der Waals surface area contributed by atoms with E-state index in [1.54, 1.807) is 62.8 Å². The van der Waals surface area contributed by atoms with E-state index in [1.807, 2.05) is 25.1 Å². The molecule has 0 aliphatic rings. The van der Waals surface area contributed by atoms with E-state index < -0.39 is 0 Å². The van der Waals surface area contributed by atoms with Gasteiger partial charge < -0.3 is 14.8 Å². The van der Waals surface area contributed by atoms with Crippen molar-refractivity contribution >= 4 is 23.7 Å². The Bertz CT molecular complexity index is 1110.